The van der Waals surface area contributed by atoms with Crippen LogP contribution in [0.2, 0.25) is 5.02 Å². The molecule has 0 radical (unpaired) electrons. The van der Waals surface area contributed by atoms with E-state index in [2.05, 4.69) is 21.3 Å². The molecule has 3 N–H and O–H groups in total. The Morgan fingerprint density at radius 1 is 0.969 bits per heavy atom. The molecule has 0 fully saturated rings. The fraction of sp³-hybridized carbons (Fsp3) is 0.217. The van der Waals surface area contributed by atoms with Crippen LogP contribution in [0.25, 0.3) is 0 Å². The number of hydrogen-bond acceptors (Lipinski definition) is 4. The number of halogens is 1. The highest BCUT2D eigenvalue weighted by Gasteiger charge is 2.21. The summed E-state index contributed by atoms with van der Waals surface area (Å²) in [5, 5.41) is 7.38. The van der Waals surface area contributed by atoms with Crippen LogP contribution in [-0.4, -0.2) is 27.5 Å². The molecule has 0 aliphatic carbocycles. The zero-order valence-electron chi connectivity index (χ0n) is 17.8. The highest BCUT2D eigenvalue weighted by Crippen LogP contribution is 2.20. The summed E-state index contributed by atoms with van der Waals surface area (Å²) >= 11 is 6.12. The van der Waals surface area contributed by atoms with Crippen molar-refractivity contribution in [3.05, 3.63) is 88.2 Å². The van der Waals surface area contributed by atoms with Crippen molar-refractivity contribution in [2.75, 3.05) is 0 Å². The Hall–Kier alpha value is -3.65. The molecular formula is C23H24ClN5O3. The van der Waals surface area contributed by atoms with Crippen LogP contribution >= 0.6 is 11.6 Å². The number of nitrogens with one attached hydrogen (secondary N) is 3. The second kappa shape index (κ2) is 10.6. The third-order valence-corrected chi connectivity index (χ3v) is 5.08. The number of carbonyl (C=O) groups is 3. The van der Waals surface area contributed by atoms with E-state index in [1.165, 1.54) is 0 Å². The number of hydrogen-bond donors (Lipinski definition) is 3. The van der Waals surface area contributed by atoms with Crippen molar-refractivity contribution in [1.29, 1.82) is 0 Å². The Kier molecular flexibility index (Phi) is 7.62. The minimum atomic E-state index is -0.618. The van der Waals surface area contributed by atoms with E-state index in [4.69, 9.17) is 11.6 Å². The predicted molar refractivity (Wildman–Crippen MR) is 121 cm³/mol. The average Bonchev–Trinajstić information content (AvgIpc) is 3.09. The normalized spacial score (nSPS) is 11.5. The summed E-state index contributed by atoms with van der Waals surface area (Å²) in [6.45, 7) is 3.66. The molecule has 0 saturated heterocycles. The van der Waals surface area contributed by atoms with Gasteiger partial charge in [0, 0.05) is 5.69 Å². The SMILES string of the molecule is Cc1cc(C)n(CC(=O)NNC(=O)CC(NC(=O)c2ccccc2Cl)c2ccccc2)n1. The van der Waals surface area contributed by atoms with Crippen LogP contribution in [0, 0.1) is 13.8 Å². The zero-order chi connectivity index (χ0) is 23.1. The van der Waals surface area contributed by atoms with Gasteiger partial charge in [-0.25, -0.2) is 0 Å². The Morgan fingerprint density at radius 2 is 1.62 bits per heavy atom. The average molecular weight is 454 g/mol. The molecule has 9 heteroatoms. The summed E-state index contributed by atoms with van der Waals surface area (Å²) < 4.78 is 1.55. The molecule has 1 heterocycles. The van der Waals surface area contributed by atoms with Gasteiger partial charge in [-0.3, -0.25) is 29.9 Å². The van der Waals surface area contributed by atoms with Gasteiger partial charge in [0.1, 0.15) is 6.54 Å². The summed E-state index contributed by atoms with van der Waals surface area (Å²) in [4.78, 5) is 37.4. The van der Waals surface area contributed by atoms with E-state index in [-0.39, 0.29) is 13.0 Å². The summed E-state index contributed by atoms with van der Waals surface area (Å²) in [6, 6.07) is 17.0. The molecule has 1 aromatic heterocycles. The Balaban J connectivity index is 1.62. The first-order chi connectivity index (χ1) is 15.3. The number of aryl methyl sites for hydroxylation is 2. The van der Waals surface area contributed by atoms with Gasteiger partial charge in [-0.15, -0.1) is 0 Å². The van der Waals surface area contributed by atoms with Gasteiger partial charge in [0.15, 0.2) is 0 Å². The van der Waals surface area contributed by atoms with Crippen LogP contribution in [0.1, 0.15) is 39.8 Å². The van der Waals surface area contributed by atoms with E-state index in [9.17, 15) is 14.4 Å². The van der Waals surface area contributed by atoms with Gasteiger partial charge in [0.05, 0.1) is 28.7 Å². The molecule has 0 spiro atoms. The third-order valence-electron chi connectivity index (χ3n) is 4.75. The van der Waals surface area contributed by atoms with Crippen LogP contribution < -0.4 is 16.2 Å². The van der Waals surface area contributed by atoms with Crippen molar-refractivity contribution in [1.82, 2.24) is 25.9 Å². The van der Waals surface area contributed by atoms with E-state index in [1.807, 2.05) is 50.2 Å². The molecule has 0 aliphatic heterocycles. The molecule has 166 valence electrons. The topological polar surface area (TPSA) is 105 Å². The fourth-order valence-corrected chi connectivity index (χ4v) is 3.43. The van der Waals surface area contributed by atoms with Crippen LogP contribution in [0.3, 0.4) is 0 Å². The van der Waals surface area contributed by atoms with Crippen LogP contribution in [0.15, 0.2) is 60.7 Å². The number of rotatable bonds is 7. The predicted octanol–water partition coefficient (Wildman–Crippen LogP) is 2.86. The monoisotopic (exact) mass is 453 g/mol. The molecule has 0 aliphatic rings. The van der Waals surface area contributed by atoms with Crippen molar-refractivity contribution < 1.29 is 14.4 Å². The summed E-state index contributed by atoms with van der Waals surface area (Å²) in [5.74, 6) is -1.27. The third kappa shape index (κ3) is 6.18. The molecule has 32 heavy (non-hydrogen) atoms. The van der Waals surface area contributed by atoms with Gasteiger partial charge < -0.3 is 5.32 Å². The van der Waals surface area contributed by atoms with Crippen molar-refractivity contribution in [2.24, 2.45) is 0 Å². The van der Waals surface area contributed by atoms with Crippen molar-refractivity contribution in [3.8, 4) is 0 Å². The maximum atomic E-state index is 12.7. The molecule has 0 saturated carbocycles. The zero-order valence-corrected chi connectivity index (χ0v) is 18.5. The van der Waals surface area contributed by atoms with E-state index in [0.717, 1.165) is 17.0 Å². The van der Waals surface area contributed by atoms with Crippen molar-refractivity contribution in [3.63, 3.8) is 0 Å². The molecule has 0 bridgehead atoms. The van der Waals surface area contributed by atoms with E-state index >= 15 is 0 Å². The number of carbonyl (C=O) groups excluding carboxylic acids is 3. The quantitative estimate of drug-likeness (QED) is 0.478. The Morgan fingerprint density at radius 3 is 2.28 bits per heavy atom. The standard InChI is InChI=1S/C23H24ClN5O3/c1-15-12-16(2)29(28-15)14-22(31)27-26-21(30)13-20(17-8-4-3-5-9-17)25-23(32)18-10-6-7-11-19(18)24/h3-12,20H,13-14H2,1-2H3,(H,25,32)(H,26,30)(H,27,31). The van der Waals surface area contributed by atoms with E-state index in [0.29, 0.717) is 10.6 Å². The summed E-state index contributed by atoms with van der Waals surface area (Å²) in [6.07, 6.45) is -0.0829. The first kappa shape index (κ1) is 23.0. The first-order valence-electron chi connectivity index (χ1n) is 10.0. The lowest BCUT2D eigenvalue weighted by molar-refractivity contribution is -0.129. The maximum absolute atomic E-state index is 12.7. The van der Waals surface area contributed by atoms with Crippen LogP contribution in [0.5, 0.6) is 0 Å². The van der Waals surface area contributed by atoms with Gasteiger partial charge in [-0.2, -0.15) is 5.10 Å². The number of nitrogens with zero attached hydrogens (tertiary/aromatic N) is 2. The van der Waals surface area contributed by atoms with Gasteiger partial charge in [0.2, 0.25) is 5.91 Å². The maximum Gasteiger partial charge on any atom is 0.260 e. The molecule has 3 aromatic rings. The van der Waals surface area contributed by atoms with Gasteiger partial charge in [-0.05, 0) is 37.6 Å². The van der Waals surface area contributed by atoms with Crippen LogP contribution in [-0.2, 0) is 16.1 Å². The highest BCUT2D eigenvalue weighted by molar-refractivity contribution is 6.33. The van der Waals surface area contributed by atoms with Crippen molar-refractivity contribution in [2.45, 2.75) is 32.9 Å². The van der Waals surface area contributed by atoms with Gasteiger partial charge in [0.25, 0.3) is 11.8 Å². The van der Waals surface area contributed by atoms with Crippen molar-refractivity contribution >= 4 is 29.3 Å². The second-order valence-electron chi connectivity index (χ2n) is 7.30. The molecular weight excluding hydrogens is 430 g/mol. The van der Waals surface area contributed by atoms with Crippen LogP contribution in [0.4, 0.5) is 0 Å². The minimum absolute atomic E-state index is 0.0225. The first-order valence-corrected chi connectivity index (χ1v) is 10.4. The van der Waals surface area contributed by atoms with E-state index < -0.39 is 23.8 Å². The second-order valence-corrected chi connectivity index (χ2v) is 7.71. The molecule has 3 amide bonds. The van der Waals surface area contributed by atoms with E-state index in [1.54, 1.807) is 28.9 Å². The molecule has 2 aromatic carbocycles. The number of benzene rings is 2. The molecule has 3 rings (SSSR count). The van der Waals surface area contributed by atoms with Gasteiger partial charge >= 0.3 is 0 Å². The summed E-state index contributed by atoms with van der Waals surface area (Å²) in [5.41, 5.74) is 7.49. The lowest BCUT2D eigenvalue weighted by atomic mass is 10.0. The highest BCUT2D eigenvalue weighted by atomic mass is 35.5. The number of hydrazine groups is 1. The number of amides is 3. The number of aromatic nitrogens is 2. The Bertz CT molecular complexity index is 1110. The molecule has 1 atom stereocenters. The van der Waals surface area contributed by atoms with Gasteiger partial charge in [-0.1, -0.05) is 54.1 Å². The largest absolute Gasteiger partial charge is 0.345 e. The fourth-order valence-electron chi connectivity index (χ4n) is 3.21. The minimum Gasteiger partial charge on any atom is -0.345 e. The lowest BCUT2D eigenvalue weighted by Gasteiger charge is -2.19. The molecule has 1 unspecified atom stereocenters. The smallest absolute Gasteiger partial charge is 0.260 e. The summed E-state index contributed by atoms with van der Waals surface area (Å²) in [7, 11) is 0. The Labute approximate surface area is 190 Å². The lowest BCUT2D eigenvalue weighted by Crippen LogP contribution is -2.44. The molecule has 8 nitrogen and oxygen atoms in total.